The van der Waals surface area contributed by atoms with E-state index in [-0.39, 0.29) is 5.91 Å². The lowest BCUT2D eigenvalue weighted by Gasteiger charge is -2.27. The molecule has 0 unspecified atom stereocenters. The van der Waals surface area contributed by atoms with Crippen molar-refractivity contribution < 1.29 is 9.53 Å². The summed E-state index contributed by atoms with van der Waals surface area (Å²) >= 11 is 1.44. The molecule has 152 valence electrons. The highest BCUT2D eigenvalue weighted by atomic mass is 32.1. The molecule has 0 aliphatic carbocycles. The summed E-state index contributed by atoms with van der Waals surface area (Å²) in [6.45, 7) is 10.7. The van der Waals surface area contributed by atoms with Gasteiger partial charge in [-0.1, -0.05) is 24.3 Å². The third-order valence-corrected chi connectivity index (χ3v) is 6.53. The maximum Gasteiger partial charge on any atom is 0.261 e. The topological polar surface area (TPSA) is 67.4 Å². The first-order valence-corrected chi connectivity index (χ1v) is 10.7. The third-order valence-electron chi connectivity index (χ3n) is 5.34. The molecule has 0 bridgehead atoms. The number of aromatic nitrogens is 2. The van der Waals surface area contributed by atoms with Crippen LogP contribution in [0.15, 0.2) is 24.3 Å². The van der Waals surface area contributed by atoms with E-state index >= 15 is 0 Å². The van der Waals surface area contributed by atoms with Crippen LogP contribution in [0.3, 0.4) is 0 Å². The number of benzene rings is 1. The second kappa shape index (κ2) is 8.57. The normalized spacial score (nSPS) is 15.0. The molecule has 0 radical (unpaired) electrons. The number of fused-ring (bicyclic) bond motifs is 1. The molecule has 1 N–H and O–H groups in total. The van der Waals surface area contributed by atoms with E-state index in [9.17, 15) is 4.79 Å². The fourth-order valence-corrected chi connectivity index (χ4v) is 5.02. The predicted molar refractivity (Wildman–Crippen MR) is 115 cm³/mol. The van der Waals surface area contributed by atoms with Crippen molar-refractivity contribution in [2.45, 2.75) is 33.9 Å². The van der Waals surface area contributed by atoms with Gasteiger partial charge in [-0.15, -0.1) is 11.3 Å². The molecule has 1 saturated heterocycles. The summed E-state index contributed by atoms with van der Waals surface area (Å²) in [5, 5.41) is 4.11. The fraction of sp³-hybridized carbons (Fsp3) is 0.409. The second-order valence-electron chi connectivity index (χ2n) is 7.43. The fourth-order valence-electron chi connectivity index (χ4n) is 3.83. The van der Waals surface area contributed by atoms with E-state index in [1.54, 1.807) is 0 Å². The Morgan fingerprint density at radius 2 is 1.86 bits per heavy atom. The first-order valence-electron chi connectivity index (χ1n) is 9.92. The van der Waals surface area contributed by atoms with Gasteiger partial charge in [0.25, 0.3) is 5.91 Å². The van der Waals surface area contributed by atoms with Crippen molar-refractivity contribution in [1.29, 1.82) is 0 Å². The number of thiophene rings is 1. The number of aryl methyl sites for hydroxylation is 3. The molecule has 1 fully saturated rings. The van der Waals surface area contributed by atoms with Crippen molar-refractivity contribution in [3.8, 4) is 0 Å². The minimum atomic E-state index is -0.0521. The van der Waals surface area contributed by atoms with Gasteiger partial charge in [-0.2, -0.15) is 0 Å². The highest BCUT2D eigenvalue weighted by Gasteiger charge is 2.19. The molecule has 7 heteroatoms. The average molecular weight is 411 g/mol. The van der Waals surface area contributed by atoms with Crippen LogP contribution in [0.5, 0.6) is 0 Å². The van der Waals surface area contributed by atoms with E-state index < -0.39 is 0 Å². The number of amides is 1. The Morgan fingerprint density at radius 3 is 2.62 bits per heavy atom. The average Bonchev–Trinajstić information content (AvgIpc) is 3.04. The summed E-state index contributed by atoms with van der Waals surface area (Å²) in [6.07, 6.45) is 0. The summed E-state index contributed by atoms with van der Waals surface area (Å²) < 4.78 is 5.44. The zero-order valence-corrected chi connectivity index (χ0v) is 17.9. The highest BCUT2D eigenvalue weighted by molar-refractivity contribution is 7.20. The first kappa shape index (κ1) is 19.9. The molecule has 29 heavy (non-hydrogen) atoms. The van der Waals surface area contributed by atoms with Gasteiger partial charge in [0.2, 0.25) is 0 Å². The molecule has 1 aliphatic rings. The Hall–Kier alpha value is -2.35. The van der Waals surface area contributed by atoms with E-state index in [1.165, 1.54) is 16.9 Å². The Balaban J connectivity index is 1.50. The zero-order valence-electron chi connectivity index (χ0n) is 17.1. The lowest BCUT2D eigenvalue weighted by atomic mass is 10.1. The van der Waals surface area contributed by atoms with Crippen molar-refractivity contribution in [1.82, 2.24) is 20.2 Å². The van der Waals surface area contributed by atoms with Crippen LogP contribution in [0.1, 0.15) is 37.9 Å². The molecule has 0 atom stereocenters. The SMILES string of the molecule is Cc1nc(C)c2c(C)c(C(=O)NCc3ccccc3CN3CCOCC3)sc2n1. The monoisotopic (exact) mass is 410 g/mol. The van der Waals surface area contributed by atoms with Crippen molar-refractivity contribution in [3.63, 3.8) is 0 Å². The minimum absolute atomic E-state index is 0.0521. The van der Waals surface area contributed by atoms with E-state index in [0.29, 0.717) is 11.4 Å². The van der Waals surface area contributed by atoms with Gasteiger partial charge in [-0.05, 0) is 37.5 Å². The molecule has 1 amide bonds. The van der Waals surface area contributed by atoms with E-state index in [0.717, 1.165) is 65.7 Å². The number of hydrogen-bond donors (Lipinski definition) is 1. The Kier molecular flexibility index (Phi) is 5.89. The van der Waals surface area contributed by atoms with E-state index in [2.05, 4.69) is 38.4 Å². The van der Waals surface area contributed by atoms with Crippen molar-refractivity contribution >= 4 is 27.5 Å². The third kappa shape index (κ3) is 4.32. The number of ether oxygens (including phenoxy) is 1. The van der Waals surface area contributed by atoms with Crippen molar-refractivity contribution in [3.05, 3.63) is 57.4 Å². The second-order valence-corrected chi connectivity index (χ2v) is 8.43. The number of nitrogens with one attached hydrogen (secondary N) is 1. The van der Waals surface area contributed by atoms with Crippen LogP contribution in [0.4, 0.5) is 0 Å². The Morgan fingerprint density at radius 1 is 1.14 bits per heavy atom. The van der Waals surface area contributed by atoms with Gasteiger partial charge in [0.05, 0.1) is 18.1 Å². The van der Waals surface area contributed by atoms with Crippen molar-refractivity contribution in [2.75, 3.05) is 26.3 Å². The maximum absolute atomic E-state index is 12.9. The molecular formula is C22H26N4O2S. The predicted octanol–water partition coefficient (Wildman–Crippen LogP) is 3.38. The van der Waals surface area contributed by atoms with Gasteiger partial charge in [0, 0.05) is 37.3 Å². The molecule has 3 heterocycles. The Labute approximate surface area is 174 Å². The van der Waals surface area contributed by atoms with Gasteiger partial charge in [-0.25, -0.2) is 9.97 Å². The molecule has 6 nitrogen and oxygen atoms in total. The molecule has 0 saturated carbocycles. The molecule has 4 rings (SSSR count). The quantitative estimate of drug-likeness (QED) is 0.698. The number of hydrogen-bond acceptors (Lipinski definition) is 6. The van der Waals surface area contributed by atoms with Crippen LogP contribution in [0.25, 0.3) is 10.2 Å². The number of nitrogens with zero attached hydrogens (tertiary/aromatic N) is 3. The molecule has 0 spiro atoms. The first-order chi connectivity index (χ1) is 14.0. The molecule has 3 aromatic rings. The summed E-state index contributed by atoms with van der Waals surface area (Å²) in [7, 11) is 0. The van der Waals surface area contributed by atoms with E-state index in [4.69, 9.17) is 4.74 Å². The number of rotatable bonds is 5. The van der Waals surface area contributed by atoms with Crippen molar-refractivity contribution in [2.24, 2.45) is 0 Å². The molecule has 2 aromatic heterocycles. The number of carbonyl (C=O) groups excluding carboxylic acids is 1. The number of morpholine rings is 1. The summed E-state index contributed by atoms with van der Waals surface area (Å²) in [4.78, 5) is 25.9. The lowest BCUT2D eigenvalue weighted by Crippen LogP contribution is -2.36. The molecule has 1 aromatic carbocycles. The Bertz CT molecular complexity index is 1040. The highest BCUT2D eigenvalue weighted by Crippen LogP contribution is 2.31. The smallest absolute Gasteiger partial charge is 0.261 e. The van der Waals surface area contributed by atoms with Gasteiger partial charge < -0.3 is 10.1 Å². The van der Waals surface area contributed by atoms with E-state index in [1.807, 2.05) is 26.8 Å². The van der Waals surface area contributed by atoms with Gasteiger partial charge in [0.1, 0.15) is 10.7 Å². The van der Waals surface area contributed by atoms with Crippen LogP contribution < -0.4 is 5.32 Å². The summed E-state index contributed by atoms with van der Waals surface area (Å²) in [5.41, 5.74) is 4.29. The van der Waals surface area contributed by atoms with Crippen LogP contribution in [0, 0.1) is 20.8 Å². The maximum atomic E-state index is 12.9. The zero-order chi connectivity index (χ0) is 20.4. The van der Waals surface area contributed by atoms with Crippen LogP contribution >= 0.6 is 11.3 Å². The lowest BCUT2D eigenvalue weighted by molar-refractivity contribution is 0.0340. The minimum Gasteiger partial charge on any atom is -0.379 e. The molecular weight excluding hydrogens is 384 g/mol. The largest absolute Gasteiger partial charge is 0.379 e. The summed E-state index contributed by atoms with van der Waals surface area (Å²) in [5.74, 6) is 0.684. The van der Waals surface area contributed by atoms with Gasteiger partial charge in [0.15, 0.2) is 0 Å². The van der Waals surface area contributed by atoms with Crippen LogP contribution in [0.2, 0.25) is 0 Å². The van der Waals surface area contributed by atoms with Gasteiger partial charge >= 0.3 is 0 Å². The van der Waals surface area contributed by atoms with Crippen LogP contribution in [-0.4, -0.2) is 47.1 Å². The van der Waals surface area contributed by atoms with Gasteiger partial charge in [-0.3, -0.25) is 9.69 Å². The van der Waals surface area contributed by atoms with Crippen LogP contribution in [-0.2, 0) is 17.8 Å². The standard InChI is InChI=1S/C22H26N4O2S/c1-14-19-15(2)24-16(3)25-22(19)29-20(14)21(27)23-12-17-6-4-5-7-18(17)13-26-8-10-28-11-9-26/h4-7H,8-13H2,1-3H3,(H,23,27). The molecule has 1 aliphatic heterocycles. The summed E-state index contributed by atoms with van der Waals surface area (Å²) in [6, 6.07) is 8.31. The number of carbonyl (C=O) groups is 1.